The van der Waals surface area contributed by atoms with Crippen LogP contribution in [-0.4, -0.2) is 31.5 Å². The molecule has 6 nitrogen and oxygen atoms in total. The molecular weight excluding hydrogens is 340 g/mol. The number of amides is 1. The van der Waals surface area contributed by atoms with Crippen LogP contribution in [0, 0.1) is 5.41 Å². The number of fused-ring (bicyclic) bond motifs is 1. The quantitative estimate of drug-likeness (QED) is 0.856. The van der Waals surface area contributed by atoms with E-state index in [0.717, 1.165) is 12.1 Å². The van der Waals surface area contributed by atoms with Crippen LogP contribution in [0.5, 0.6) is 0 Å². The van der Waals surface area contributed by atoms with Crippen LogP contribution in [0.3, 0.4) is 0 Å². The summed E-state index contributed by atoms with van der Waals surface area (Å²) in [5, 5.41) is 11.2. The number of nitrogens with one attached hydrogen (secondary N) is 1. The molecule has 0 spiro atoms. The number of rotatable bonds is 6. The Morgan fingerprint density at radius 3 is 2.73 bits per heavy atom. The van der Waals surface area contributed by atoms with Gasteiger partial charge in [-0.15, -0.1) is 0 Å². The van der Waals surface area contributed by atoms with E-state index < -0.39 is 6.43 Å². The van der Waals surface area contributed by atoms with Gasteiger partial charge in [0, 0.05) is 23.7 Å². The predicted molar refractivity (Wildman–Crippen MR) is 92.8 cm³/mol. The molecule has 1 N–H and O–H groups in total. The first-order valence-electron chi connectivity index (χ1n) is 8.89. The maximum absolute atomic E-state index is 13.2. The van der Waals surface area contributed by atoms with Gasteiger partial charge in [0.15, 0.2) is 0 Å². The third-order valence-corrected chi connectivity index (χ3v) is 4.85. The number of carbonyl (C=O) groups excluding carboxylic acids is 1. The highest BCUT2D eigenvalue weighted by Crippen LogP contribution is 2.31. The maximum atomic E-state index is 13.2. The van der Waals surface area contributed by atoms with Crippen molar-refractivity contribution in [1.29, 1.82) is 0 Å². The Labute approximate surface area is 151 Å². The van der Waals surface area contributed by atoms with E-state index in [4.69, 9.17) is 0 Å². The Hall–Kier alpha value is -2.25. The first-order valence-corrected chi connectivity index (χ1v) is 8.89. The molecule has 8 heteroatoms. The van der Waals surface area contributed by atoms with Gasteiger partial charge in [0.1, 0.15) is 12.2 Å². The Balaban J connectivity index is 1.72. The van der Waals surface area contributed by atoms with Crippen LogP contribution in [0.2, 0.25) is 0 Å². The van der Waals surface area contributed by atoms with Crippen LogP contribution in [-0.2, 0) is 30.7 Å². The number of halogens is 2. The topological polar surface area (TPSA) is 64.7 Å². The Morgan fingerprint density at radius 2 is 2.12 bits per heavy atom. The molecule has 2 heterocycles. The molecule has 3 rings (SSSR count). The maximum Gasteiger partial charge on any atom is 0.282 e. The average Bonchev–Trinajstić information content (AvgIpc) is 3.24. The van der Waals surface area contributed by atoms with Gasteiger partial charge in [-0.3, -0.25) is 14.2 Å². The van der Waals surface area contributed by atoms with Crippen molar-refractivity contribution in [3.05, 3.63) is 35.4 Å². The van der Waals surface area contributed by atoms with Crippen LogP contribution < -0.4 is 5.32 Å². The molecule has 1 atom stereocenters. The number of hydrogen-bond acceptors (Lipinski definition) is 3. The van der Waals surface area contributed by atoms with Gasteiger partial charge in [0.2, 0.25) is 5.91 Å². The summed E-state index contributed by atoms with van der Waals surface area (Å²) < 4.78 is 29.6. The molecule has 26 heavy (non-hydrogen) atoms. The minimum Gasteiger partial charge on any atom is -0.349 e. The largest absolute Gasteiger partial charge is 0.349 e. The molecule has 2 aromatic heterocycles. The van der Waals surface area contributed by atoms with E-state index in [1.165, 1.54) is 4.68 Å². The van der Waals surface area contributed by atoms with Gasteiger partial charge in [-0.1, -0.05) is 20.8 Å². The number of aromatic nitrogens is 4. The fourth-order valence-corrected chi connectivity index (χ4v) is 3.35. The number of hydrogen-bond donors (Lipinski definition) is 1. The Bertz CT molecular complexity index is 761. The van der Waals surface area contributed by atoms with E-state index >= 15 is 0 Å². The van der Waals surface area contributed by atoms with Crippen molar-refractivity contribution in [3.63, 3.8) is 0 Å². The van der Waals surface area contributed by atoms with Crippen molar-refractivity contribution < 1.29 is 13.6 Å². The van der Waals surface area contributed by atoms with Crippen LogP contribution >= 0.6 is 0 Å². The predicted octanol–water partition coefficient (Wildman–Crippen LogP) is 2.74. The van der Waals surface area contributed by atoms with E-state index in [2.05, 4.69) is 15.5 Å². The van der Waals surface area contributed by atoms with Crippen molar-refractivity contribution in [1.82, 2.24) is 24.9 Å². The number of carbonyl (C=O) groups is 1. The molecule has 0 radical (unpaired) electrons. The van der Waals surface area contributed by atoms with Gasteiger partial charge in [-0.05, 0) is 30.7 Å². The number of alkyl halides is 2. The molecule has 0 aliphatic heterocycles. The highest BCUT2D eigenvalue weighted by atomic mass is 19.3. The molecule has 1 amide bonds. The van der Waals surface area contributed by atoms with E-state index in [9.17, 15) is 13.6 Å². The van der Waals surface area contributed by atoms with E-state index in [0.29, 0.717) is 24.9 Å². The molecule has 2 aromatic rings. The third-order valence-electron chi connectivity index (χ3n) is 4.85. The molecule has 0 fully saturated rings. The minimum absolute atomic E-state index is 0.0409. The van der Waals surface area contributed by atoms with E-state index in [1.54, 1.807) is 10.9 Å². The third kappa shape index (κ3) is 3.94. The Morgan fingerprint density at radius 1 is 1.35 bits per heavy atom. The summed E-state index contributed by atoms with van der Waals surface area (Å²) in [6.07, 6.45) is 3.08. The summed E-state index contributed by atoms with van der Waals surface area (Å²) in [5.41, 5.74) is 1.04. The van der Waals surface area contributed by atoms with Crippen molar-refractivity contribution in [2.75, 3.05) is 0 Å². The zero-order valence-electron chi connectivity index (χ0n) is 15.4. The Kier molecular flexibility index (Phi) is 5.11. The lowest BCUT2D eigenvalue weighted by Crippen LogP contribution is -2.47. The van der Waals surface area contributed by atoms with Gasteiger partial charge >= 0.3 is 0 Å². The second kappa shape index (κ2) is 7.17. The SMILES string of the molecule is CC(C)(C)[C@H](Cn1cccn1)NC(=O)Cn1nc(C(F)F)c2c1CCC2. The minimum atomic E-state index is -2.60. The monoisotopic (exact) mass is 365 g/mol. The second-order valence-corrected chi connectivity index (χ2v) is 7.84. The summed E-state index contributed by atoms with van der Waals surface area (Å²) in [4.78, 5) is 12.6. The molecule has 0 unspecified atom stereocenters. The zero-order chi connectivity index (χ0) is 18.9. The van der Waals surface area contributed by atoms with Gasteiger partial charge in [0.05, 0.1) is 12.6 Å². The van der Waals surface area contributed by atoms with E-state index in [-0.39, 0.29) is 29.6 Å². The fourth-order valence-electron chi connectivity index (χ4n) is 3.35. The normalized spacial score (nSPS) is 15.3. The summed E-state index contributed by atoms with van der Waals surface area (Å²) in [5.74, 6) is -0.227. The smallest absolute Gasteiger partial charge is 0.282 e. The number of nitrogens with zero attached hydrogens (tertiary/aromatic N) is 4. The summed E-state index contributed by atoms with van der Waals surface area (Å²) in [7, 11) is 0. The van der Waals surface area contributed by atoms with Crippen LogP contribution in [0.1, 0.15) is 50.6 Å². The zero-order valence-corrected chi connectivity index (χ0v) is 15.4. The molecule has 0 saturated carbocycles. The lowest BCUT2D eigenvalue weighted by Gasteiger charge is -2.31. The van der Waals surface area contributed by atoms with Crippen molar-refractivity contribution in [3.8, 4) is 0 Å². The molecule has 1 aliphatic rings. The molecule has 0 saturated heterocycles. The molecule has 1 aliphatic carbocycles. The summed E-state index contributed by atoms with van der Waals surface area (Å²) >= 11 is 0. The van der Waals surface area contributed by atoms with Crippen LogP contribution in [0.15, 0.2) is 18.5 Å². The first-order chi connectivity index (χ1) is 12.3. The second-order valence-electron chi connectivity index (χ2n) is 7.84. The summed E-state index contributed by atoms with van der Waals surface area (Å²) in [6, 6.07) is 1.69. The molecule has 0 bridgehead atoms. The van der Waals surface area contributed by atoms with Crippen molar-refractivity contribution >= 4 is 5.91 Å². The first kappa shape index (κ1) is 18.5. The van der Waals surface area contributed by atoms with Crippen LogP contribution in [0.4, 0.5) is 8.78 Å². The highest BCUT2D eigenvalue weighted by Gasteiger charge is 2.30. The standard InChI is InChI=1S/C18H25F2N5O/c1-18(2,3)14(10-24-9-5-8-21-24)22-15(26)11-25-13-7-4-6-12(13)16(23-25)17(19)20/h5,8-9,14,17H,4,6-7,10-11H2,1-3H3,(H,22,26)/t14-/m0/s1. The van der Waals surface area contributed by atoms with Crippen molar-refractivity contribution in [2.24, 2.45) is 5.41 Å². The molecular formula is C18H25F2N5O. The lowest BCUT2D eigenvalue weighted by molar-refractivity contribution is -0.123. The highest BCUT2D eigenvalue weighted by molar-refractivity contribution is 5.76. The lowest BCUT2D eigenvalue weighted by atomic mass is 9.86. The van der Waals surface area contributed by atoms with Gasteiger partial charge in [-0.2, -0.15) is 10.2 Å². The van der Waals surface area contributed by atoms with Gasteiger partial charge < -0.3 is 5.32 Å². The van der Waals surface area contributed by atoms with Gasteiger partial charge in [0.25, 0.3) is 6.43 Å². The fraction of sp³-hybridized carbons (Fsp3) is 0.611. The average molecular weight is 365 g/mol. The molecule has 142 valence electrons. The van der Waals surface area contributed by atoms with Gasteiger partial charge in [-0.25, -0.2) is 8.78 Å². The molecule has 0 aromatic carbocycles. The summed E-state index contributed by atoms with van der Waals surface area (Å²) in [6.45, 7) is 6.63. The van der Waals surface area contributed by atoms with Crippen molar-refractivity contribution in [2.45, 2.75) is 65.6 Å². The van der Waals surface area contributed by atoms with E-state index in [1.807, 2.05) is 33.0 Å². The van der Waals surface area contributed by atoms with Crippen LogP contribution in [0.25, 0.3) is 0 Å².